The predicted octanol–water partition coefficient (Wildman–Crippen LogP) is 2.11. The summed E-state index contributed by atoms with van der Waals surface area (Å²) in [4.78, 5) is 2.69. The average molecular weight is 210 g/mol. The number of nitrogens with zero attached hydrogens (tertiary/aromatic N) is 1. The van der Waals surface area contributed by atoms with Gasteiger partial charge in [0, 0.05) is 19.1 Å². The Labute approximate surface area is 94.4 Å². The fraction of sp³-hybridized carbons (Fsp3) is 1.00. The van der Waals surface area contributed by atoms with Crippen LogP contribution in [0.2, 0.25) is 0 Å². The Balaban J connectivity index is 1.70. The lowest BCUT2D eigenvalue weighted by molar-refractivity contribution is 0.0234. The second-order valence-corrected chi connectivity index (χ2v) is 5.46. The van der Waals surface area contributed by atoms with E-state index in [1.807, 2.05) is 0 Å². The van der Waals surface area contributed by atoms with Crippen LogP contribution in [0.25, 0.3) is 0 Å². The molecule has 0 saturated carbocycles. The van der Waals surface area contributed by atoms with Crippen molar-refractivity contribution in [1.82, 2.24) is 10.2 Å². The van der Waals surface area contributed by atoms with E-state index in [-0.39, 0.29) is 0 Å². The van der Waals surface area contributed by atoms with Crippen LogP contribution in [0.3, 0.4) is 0 Å². The summed E-state index contributed by atoms with van der Waals surface area (Å²) in [5.41, 5.74) is 0. The first kappa shape index (κ1) is 11.4. The molecule has 2 nitrogen and oxygen atoms in total. The molecular weight excluding hydrogens is 184 g/mol. The maximum atomic E-state index is 3.53. The van der Waals surface area contributed by atoms with Gasteiger partial charge in [0.2, 0.25) is 0 Å². The van der Waals surface area contributed by atoms with E-state index in [2.05, 4.69) is 24.1 Å². The summed E-state index contributed by atoms with van der Waals surface area (Å²) >= 11 is 0. The van der Waals surface area contributed by atoms with Crippen LogP contribution in [-0.4, -0.2) is 37.1 Å². The van der Waals surface area contributed by atoms with Gasteiger partial charge < -0.3 is 5.32 Å². The fourth-order valence-electron chi connectivity index (χ4n) is 3.12. The zero-order valence-electron chi connectivity index (χ0n) is 10.3. The summed E-state index contributed by atoms with van der Waals surface area (Å²) in [5.74, 6) is 1.91. The van der Waals surface area contributed by atoms with Gasteiger partial charge in [0.25, 0.3) is 0 Å². The van der Waals surface area contributed by atoms with Gasteiger partial charge in [0.05, 0.1) is 0 Å². The summed E-state index contributed by atoms with van der Waals surface area (Å²) in [6.45, 7) is 9.95. The van der Waals surface area contributed by atoms with Crippen molar-refractivity contribution in [2.45, 2.75) is 45.6 Å². The summed E-state index contributed by atoms with van der Waals surface area (Å²) in [6, 6.07) is 0.811. The van der Waals surface area contributed by atoms with Crippen molar-refractivity contribution >= 4 is 0 Å². The van der Waals surface area contributed by atoms with Gasteiger partial charge in [-0.1, -0.05) is 13.3 Å². The maximum absolute atomic E-state index is 3.53. The molecular formula is C13H26N2. The van der Waals surface area contributed by atoms with Crippen LogP contribution in [0.1, 0.15) is 39.5 Å². The Kier molecular flexibility index (Phi) is 4.04. The average Bonchev–Trinajstić information content (AvgIpc) is 2.23. The van der Waals surface area contributed by atoms with Crippen molar-refractivity contribution < 1.29 is 0 Å². The molecule has 2 aliphatic heterocycles. The van der Waals surface area contributed by atoms with Crippen molar-refractivity contribution in [2.24, 2.45) is 11.8 Å². The molecule has 0 spiro atoms. The summed E-state index contributed by atoms with van der Waals surface area (Å²) in [6.07, 6.45) is 5.61. The standard InChI is InChI=1S/C13H26N2/c1-3-5-12-9-15(10-12)11(2)13-6-4-7-14-8-13/h11-14H,3-10H2,1-2H3. The van der Waals surface area contributed by atoms with Gasteiger partial charge in [0.1, 0.15) is 0 Å². The molecule has 2 fully saturated rings. The fourth-order valence-corrected chi connectivity index (χ4v) is 3.12. The number of nitrogens with one attached hydrogen (secondary N) is 1. The van der Waals surface area contributed by atoms with Crippen molar-refractivity contribution in [3.05, 3.63) is 0 Å². The molecule has 2 atom stereocenters. The van der Waals surface area contributed by atoms with Crippen molar-refractivity contribution in [1.29, 1.82) is 0 Å². The van der Waals surface area contributed by atoms with Gasteiger partial charge in [0.15, 0.2) is 0 Å². The van der Waals surface area contributed by atoms with E-state index in [9.17, 15) is 0 Å². The van der Waals surface area contributed by atoms with Gasteiger partial charge in [-0.05, 0) is 51.1 Å². The molecule has 2 rings (SSSR count). The molecule has 0 aromatic heterocycles. The maximum Gasteiger partial charge on any atom is 0.0108 e. The molecule has 2 heteroatoms. The van der Waals surface area contributed by atoms with Crippen LogP contribution >= 0.6 is 0 Å². The summed E-state index contributed by atoms with van der Waals surface area (Å²) in [7, 11) is 0. The van der Waals surface area contributed by atoms with Crippen LogP contribution in [0, 0.1) is 11.8 Å². The van der Waals surface area contributed by atoms with Crippen molar-refractivity contribution in [3.8, 4) is 0 Å². The number of hydrogen-bond acceptors (Lipinski definition) is 2. The van der Waals surface area contributed by atoms with Crippen LogP contribution < -0.4 is 5.32 Å². The Bertz CT molecular complexity index is 181. The smallest absolute Gasteiger partial charge is 0.0108 e. The summed E-state index contributed by atoms with van der Waals surface area (Å²) in [5, 5.41) is 3.53. The Morgan fingerprint density at radius 3 is 2.80 bits per heavy atom. The SMILES string of the molecule is CCCC1CN(C(C)C2CCCNC2)C1. The highest BCUT2D eigenvalue weighted by Gasteiger charge is 2.33. The lowest BCUT2D eigenvalue weighted by atomic mass is 9.86. The first-order valence-electron chi connectivity index (χ1n) is 6.76. The van der Waals surface area contributed by atoms with Crippen molar-refractivity contribution in [2.75, 3.05) is 26.2 Å². The number of hydrogen-bond donors (Lipinski definition) is 1. The molecule has 0 radical (unpaired) electrons. The minimum Gasteiger partial charge on any atom is -0.316 e. The molecule has 0 aromatic rings. The second-order valence-electron chi connectivity index (χ2n) is 5.46. The normalized spacial score (nSPS) is 31.2. The van der Waals surface area contributed by atoms with E-state index in [0.29, 0.717) is 0 Å². The van der Waals surface area contributed by atoms with Crippen LogP contribution in [-0.2, 0) is 0 Å². The summed E-state index contributed by atoms with van der Waals surface area (Å²) < 4.78 is 0. The Morgan fingerprint density at radius 2 is 2.20 bits per heavy atom. The van der Waals surface area contributed by atoms with E-state index < -0.39 is 0 Å². The predicted molar refractivity (Wildman–Crippen MR) is 65.0 cm³/mol. The highest BCUT2D eigenvalue weighted by Crippen LogP contribution is 2.27. The highest BCUT2D eigenvalue weighted by atomic mass is 15.2. The largest absolute Gasteiger partial charge is 0.316 e. The first-order valence-corrected chi connectivity index (χ1v) is 6.76. The Hall–Kier alpha value is -0.0800. The molecule has 2 heterocycles. The molecule has 2 aliphatic rings. The molecule has 0 amide bonds. The minimum absolute atomic E-state index is 0.811. The van der Waals surface area contributed by atoms with Gasteiger partial charge in [-0.15, -0.1) is 0 Å². The van der Waals surface area contributed by atoms with Gasteiger partial charge >= 0.3 is 0 Å². The van der Waals surface area contributed by atoms with E-state index in [1.54, 1.807) is 0 Å². The molecule has 0 aliphatic carbocycles. The highest BCUT2D eigenvalue weighted by molar-refractivity contribution is 4.88. The molecule has 2 saturated heterocycles. The second kappa shape index (κ2) is 5.31. The monoisotopic (exact) mass is 210 g/mol. The van der Waals surface area contributed by atoms with Crippen LogP contribution in [0.15, 0.2) is 0 Å². The van der Waals surface area contributed by atoms with E-state index in [0.717, 1.165) is 17.9 Å². The van der Waals surface area contributed by atoms with Gasteiger partial charge in [-0.25, -0.2) is 0 Å². The van der Waals surface area contributed by atoms with Crippen LogP contribution in [0.5, 0.6) is 0 Å². The zero-order chi connectivity index (χ0) is 10.7. The quantitative estimate of drug-likeness (QED) is 0.764. The van der Waals surface area contributed by atoms with E-state index in [1.165, 1.54) is 51.9 Å². The third-order valence-corrected chi connectivity index (χ3v) is 4.28. The molecule has 2 unspecified atom stereocenters. The van der Waals surface area contributed by atoms with Gasteiger partial charge in [-0.3, -0.25) is 4.90 Å². The van der Waals surface area contributed by atoms with E-state index in [4.69, 9.17) is 0 Å². The molecule has 15 heavy (non-hydrogen) atoms. The van der Waals surface area contributed by atoms with Gasteiger partial charge in [-0.2, -0.15) is 0 Å². The topological polar surface area (TPSA) is 15.3 Å². The first-order chi connectivity index (χ1) is 7.31. The number of rotatable bonds is 4. The van der Waals surface area contributed by atoms with Crippen molar-refractivity contribution in [3.63, 3.8) is 0 Å². The molecule has 88 valence electrons. The third kappa shape index (κ3) is 2.73. The third-order valence-electron chi connectivity index (χ3n) is 4.28. The molecule has 0 bridgehead atoms. The van der Waals surface area contributed by atoms with Crippen LogP contribution in [0.4, 0.5) is 0 Å². The molecule has 0 aromatic carbocycles. The molecule has 1 N–H and O–H groups in total. The minimum atomic E-state index is 0.811. The lowest BCUT2D eigenvalue weighted by Gasteiger charge is -2.46. The zero-order valence-corrected chi connectivity index (χ0v) is 10.3. The number of likely N-dealkylation sites (tertiary alicyclic amines) is 1. The lowest BCUT2D eigenvalue weighted by Crippen LogP contribution is -2.55. The number of piperidine rings is 1. The Morgan fingerprint density at radius 1 is 1.40 bits per heavy atom. The van der Waals surface area contributed by atoms with E-state index >= 15 is 0 Å².